The van der Waals surface area contributed by atoms with Gasteiger partial charge in [-0.3, -0.25) is 4.79 Å². The molecule has 106 valence electrons. The molecule has 0 fully saturated rings. The first-order chi connectivity index (χ1) is 8.78. The first kappa shape index (κ1) is 15.3. The fourth-order valence-electron chi connectivity index (χ4n) is 1.35. The number of benzene rings is 1. The molecule has 0 saturated heterocycles. The molecule has 0 heterocycles. The van der Waals surface area contributed by atoms with Crippen LogP contribution in [0.4, 0.5) is 18.9 Å². The Hall–Kier alpha value is -1.76. The lowest BCUT2D eigenvalue weighted by molar-refractivity contribution is -0.174. The van der Waals surface area contributed by atoms with E-state index >= 15 is 0 Å². The predicted octanol–water partition coefficient (Wildman–Crippen LogP) is 2.61. The number of anilines is 1. The first-order valence-electron chi connectivity index (χ1n) is 5.52. The van der Waals surface area contributed by atoms with Crippen molar-refractivity contribution in [1.29, 1.82) is 0 Å². The fourth-order valence-corrected chi connectivity index (χ4v) is 1.35. The molecule has 19 heavy (non-hydrogen) atoms. The number of ether oxygens (including phenoxy) is 1. The third-order valence-corrected chi connectivity index (χ3v) is 2.22. The van der Waals surface area contributed by atoms with Crippen molar-refractivity contribution in [2.24, 2.45) is 0 Å². The lowest BCUT2D eigenvalue weighted by atomic mass is 10.2. The third kappa shape index (κ3) is 6.10. The number of phenols is 1. The third-order valence-electron chi connectivity index (χ3n) is 2.22. The molecule has 1 amide bonds. The smallest absolute Gasteiger partial charge is 0.411 e. The van der Waals surface area contributed by atoms with Gasteiger partial charge in [-0.2, -0.15) is 13.2 Å². The Morgan fingerprint density at radius 3 is 2.68 bits per heavy atom. The second kappa shape index (κ2) is 6.42. The molecule has 0 aliphatic rings. The average Bonchev–Trinajstić information content (AvgIpc) is 2.27. The number of rotatable bonds is 5. The highest BCUT2D eigenvalue weighted by molar-refractivity contribution is 5.91. The van der Waals surface area contributed by atoms with Crippen molar-refractivity contribution >= 4 is 11.6 Å². The minimum Gasteiger partial charge on any atom is -0.508 e. The van der Waals surface area contributed by atoms with E-state index in [1.807, 2.05) is 0 Å². The Bertz CT molecular complexity index is 446. The molecule has 2 N–H and O–H groups in total. The van der Waals surface area contributed by atoms with E-state index in [9.17, 15) is 23.1 Å². The number of carbonyl (C=O) groups is 1. The highest BCUT2D eigenvalue weighted by atomic mass is 19.4. The minimum atomic E-state index is -4.38. The lowest BCUT2D eigenvalue weighted by Gasteiger charge is -2.10. The largest absolute Gasteiger partial charge is 0.508 e. The number of aromatic hydroxyl groups is 1. The number of aryl methyl sites for hydroxylation is 1. The van der Waals surface area contributed by atoms with E-state index in [2.05, 4.69) is 10.1 Å². The second-order valence-corrected chi connectivity index (χ2v) is 3.97. The molecule has 0 aromatic heterocycles. The Kier molecular flexibility index (Phi) is 5.17. The molecule has 4 nitrogen and oxygen atoms in total. The summed E-state index contributed by atoms with van der Waals surface area (Å²) in [5.74, 6) is -0.375. The zero-order chi connectivity index (χ0) is 14.5. The van der Waals surface area contributed by atoms with Gasteiger partial charge in [0.25, 0.3) is 0 Å². The van der Waals surface area contributed by atoms with Crippen LogP contribution in [-0.4, -0.2) is 30.4 Å². The number of phenolic OH excluding ortho intramolecular Hbond substituents is 1. The van der Waals surface area contributed by atoms with Gasteiger partial charge >= 0.3 is 6.18 Å². The van der Waals surface area contributed by atoms with Gasteiger partial charge in [-0.25, -0.2) is 0 Å². The molecule has 1 aromatic rings. The molecule has 0 radical (unpaired) electrons. The van der Waals surface area contributed by atoms with Crippen LogP contribution in [0, 0.1) is 6.92 Å². The number of hydrogen-bond donors (Lipinski definition) is 2. The van der Waals surface area contributed by atoms with E-state index in [4.69, 9.17) is 0 Å². The molecule has 1 rings (SSSR count). The Labute approximate surface area is 108 Å². The maximum atomic E-state index is 11.8. The number of hydrogen-bond acceptors (Lipinski definition) is 3. The van der Waals surface area contributed by atoms with E-state index in [-0.39, 0.29) is 18.8 Å². The van der Waals surface area contributed by atoms with Crippen LogP contribution in [0.15, 0.2) is 18.2 Å². The Morgan fingerprint density at radius 1 is 1.42 bits per heavy atom. The summed E-state index contributed by atoms with van der Waals surface area (Å²) in [5, 5.41) is 11.7. The predicted molar refractivity (Wildman–Crippen MR) is 63.0 cm³/mol. The second-order valence-electron chi connectivity index (χ2n) is 3.97. The van der Waals surface area contributed by atoms with Gasteiger partial charge in [-0.15, -0.1) is 0 Å². The lowest BCUT2D eigenvalue weighted by Crippen LogP contribution is -2.20. The van der Waals surface area contributed by atoms with Crippen molar-refractivity contribution < 1.29 is 27.8 Å². The molecule has 0 atom stereocenters. The van der Waals surface area contributed by atoms with Crippen LogP contribution in [0.3, 0.4) is 0 Å². The van der Waals surface area contributed by atoms with Crippen LogP contribution >= 0.6 is 0 Å². The standard InChI is InChI=1S/C12H14F3NO3/c1-8-6-9(17)2-3-10(8)16-11(18)4-5-19-7-12(13,14)15/h2-3,6,17H,4-5,7H2,1H3,(H,16,18). The minimum absolute atomic E-state index is 0.0732. The number of alkyl halides is 3. The fraction of sp³-hybridized carbons (Fsp3) is 0.417. The first-order valence-corrected chi connectivity index (χ1v) is 5.52. The van der Waals surface area contributed by atoms with E-state index in [0.717, 1.165) is 0 Å². The van der Waals surface area contributed by atoms with Crippen molar-refractivity contribution in [3.63, 3.8) is 0 Å². The van der Waals surface area contributed by atoms with Gasteiger partial charge < -0.3 is 15.2 Å². The summed E-state index contributed by atoms with van der Waals surface area (Å²) < 4.78 is 39.6. The average molecular weight is 277 g/mol. The molecule has 1 aromatic carbocycles. The van der Waals surface area contributed by atoms with E-state index in [1.165, 1.54) is 18.2 Å². The summed E-state index contributed by atoms with van der Waals surface area (Å²) in [5.41, 5.74) is 1.16. The molecule has 0 saturated carbocycles. The van der Waals surface area contributed by atoms with Gasteiger partial charge in [0, 0.05) is 5.69 Å². The Morgan fingerprint density at radius 2 is 2.11 bits per heavy atom. The number of nitrogens with one attached hydrogen (secondary N) is 1. The highest BCUT2D eigenvalue weighted by Crippen LogP contribution is 2.20. The SMILES string of the molecule is Cc1cc(O)ccc1NC(=O)CCOCC(F)(F)F. The van der Waals surface area contributed by atoms with Gasteiger partial charge in [0.2, 0.25) is 5.91 Å². The number of halogens is 3. The van der Waals surface area contributed by atoms with E-state index in [0.29, 0.717) is 11.3 Å². The molecule has 0 aliphatic heterocycles. The van der Waals surface area contributed by atoms with Crippen LogP contribution in [0.2, 0.25) is 0 Å². The van der Waals surface area contributed by atoms with Crippen LogP contribution < -0.4 is 5.32 Å². The topological polar surface area (TPSA) is 58.6 Å². The zero-order valence-corrected chi connectivity index (χ0v) is 10.3. The normalized spacial score (nSPS) is 11.4. The van der Waals surface area contributed by atoms with Crippen molar-refractivity contribution in [2.75, 3.05) is 18.5 Å². The molecule has 0 spiro atoms. The van der Waals surface area contributed by atoms with E-state index in [1.54, 1.807) is 6.92 Å². The highest BCUT2D eigenvalue weighted by Gasteiger charge is 2.27. The summed E-state index contributed by atoms with van der Waals surface area (Å²) in [6.07, 6.45) is -4.56. The monoisotopic (exact) mass is 277 g/mol. The maximum Gasteiger partial charge on any atom is 0.411 e. The summed E-state index contributed by atoms with van der Waals surface area (Å²) in [6, 6.07) is 4.39. The summed E-state index contributed by atoms with van der Waals surface area (Å²) in [7, 11) is 0. The van der Waals surface area contributed by atoms with Crippen molar-refractivity contribution in [3.8, 4) is 5.75 Å². The van der Waals surface area contributed by atoms with Gasteiger partial charge in [0.15, 0.2) is 0 Å². The van der Waals surface area contributed by atoms with Crippen LogP contribution in [0.5, 0.6) is 5.75 Å². The van der Waals surface area contributed by atoms with Gasteiger partial charge in [-0.1, -0.05) is 0 Å². The molecule has 0 aliphatic carbocycles. The number of amides is 1. The maximum absolute atomic E-state index is 11.8. The van der Waals surface area contributed by atoms with Crippen LogP contribution in [0.1, 0.15) is 12.0 Å². The zero-order valence-electron chi connectivity index (χ0n) is 10.3. The van der Waals surface area contributed by atoms with Gasteiger partial charge in [0.1, 0.15) is 12.4 Å². The summed E-state index contributed by atoms with van der Waals surface area (Å²) in [4.78, 5) is 11.4. The van der Waals surface area contributed by atoms with Crippen LogP contribution in [0.25, 0.3) is 0 Å². The van der Waals surface area contributed by atoms with E-state index < -0.39 is 18.7 Å². The molecular weight excluding hydrogens is 263 g/mol. The van der Waals surface area contributed by atoms with Gasteiger partial charge in [-0.05, 0) is 30.7 Å². The Balaban J connectivity index is 2.35. The van der Waals surface area contributed by atoms with Crippen LogP contribution in [-0.2, 0) is 9.53 Å². The molecule has 0 bridgehead atoms. The van der Waals surface area contributed by atoms with Gasteiger partial charge in [0.05, 0.1) is 13.0 Å². The number of carbonyl (C=O) groups excluding carboxylic acids is 1. The molecule has 7 heteroatoms. The summed E-state index contributed by atoms with van der Waals surface area (Å²) >= 11 is 0. The van der Waals surface area contributed by atoms with Crippen molar-refractivity contribution in [1.82, 2.24) is 0 Å². The molecular formula is C12H14F3NO3. The van der Waals surface area contributed by atoms with Crippen molar-refractivity contribution in [2.45, 2.75) is 19.5 Å². The quantitative estimate of drug-likeness (QED) is 0.642. The summed E-state index contributed by atoms with van der Waals surface area (Å²) in [6.45, 7) is 0.0243. The molecule has 0 unspecified atom stereocenters. The van der Waals surface area contributed by atoms with Crippen molar-refractivity contribution in [3.05, 3.63) is 23.8 Å².